The van der Waals surface area contributed by atoms with E-state index in [1.54, 1.807) is 10.9 Å². The molecule has 20 heavy (non-hydrogen) atoms. The fourth-order valence-corrected chi connectivity index (χ4v) is 2.36. The lowest BCUT2D eigenvalue weighted by atomic mass is 10.1. The first-order valence-electron chi connectivity index (χ1n) is 6.46. The van der Waals surface area contributed by atoms with E-state index < -0.39 is 0 Å². The molecule has 0 radical (unpaired) electrons. The monoisotopic (exact) mass is 268 g/mol. The summed E-state index contributed by atoms with van der Waals surface area (Å²) >= 11 is 0. The topological polar surface area (TPSA) is 69.9 Å². The van der Waals surface area contributed by atoms with Crippen molar-refractivity contribution in [2.24, 2.45) is 5.73 Å². The van der Waals surface area contributed by atoms with E-state index in [4.69, 9.17) is 10.2 Å². The van der Waals surface area contributed by atoms with Crippen LogP contribution >= 0.6 is 0 Å². The Morgan fingerprint density at radius 2 is 1.95 bits per heavy atom. The summed E-state index contributed by atoms with van der Waals surface area (Å²) in [4.78, 5) is 0. The van der Waals surface area contributed by atoms with Crippen molar-refractivity contribution in [2.75, 3.05) is 0 Å². The molecule has 0 saturated carbocycles. The lowest BCUT2D eigenvalue weighted by molar-refractivity contribution is 0.576. The van der Waals surface area contributed by atoms with Gasteiger partial charge in [-0.1, -0.05) is 11.3 Å². The molecule has 0 amide bonds. The number of furan rings is 1. The number of aromatic nitrogens is 3. The van der Waals surface area contributed by atoms with Crippen molar-refractivity contribution < 1.29 is 4.42 Å². The number of benzene rings is 1. The van der Waals surface area contributed by atoms with Crippen molar-refractivity contribution in [1.29, 1.82) is 0 Å². The fourth-order valence-electron chi connectivity index (χ4n) is 2.36. The molecule has 3 rings (SSSR count). The molecule has 5 nitrogen and oxygen atoms in total. The molecule has 0 atom stereocenters. The van der Waals surface area contributed by atoms with Gasteiger partial charge in [0.1, 0.15) is 11.4 Å². The molecular weight excluding hydrogens is 252 g/mol. The molecule has 0 aliphatic heterocycles. The summed E-state index contributed by atoms with van der Waals surface area (Å²) < 4.78 is 7.27. The van der Waals surface area contributed by atoms with Crippen molar-refractivity contribution >= 4 is 0 Å². The molecule has 3 aromatic rings. The summed E-state index contributed by atoms with van der Waals surface area (Å²) in [6.45, 7) is 4.44. The first-order valence-corrected chi connectivity index (χ1v) is 6.46. The Morgan fingerprint density at radius 1 is 1.20 bits per heavy atom. The molecule has 5 heteroatoms. The van der Waals surface area contributed by atoms with Gasteiger partial charge in [-0.05, 0) is 49.2 Å². The van der Waals surface area contributed by atoms with E-state index in [0.29, 0.717) is 6.54 Å². The maximum atomic E-state index is 5.75. The number of nitrogens with two attached hydrogens (primary N) is 1. The lowest BCUT2D eigenvalue weighted by Crippen LogP contribution is -2.02. The molecule has 2 aromatic heterocycles. The maximum Gasteiger partial charge on any atom is 0.154 e. The lowest BCUT2D eigenvalue weighted by Gasteiger charge is -2.08. The molecule has 0 unspecified atom stereocenters. The Kier molecular flexibility index (Phi) is 3.12. The largest absolute Gasteiger partial charge is 0.463 e. The Labute approximate surface area is 117 Å². The van der Waals surface area contributed by atoms with Crippen LogP contribution in [0.2, 0.25) is 0 Å². The Hall–Kier alpha value is -2.40. The molecule has 0 aliphatic rings. The second-order valence-corrected chi connectivity index (χ2v) is 4.82. The molecule has 2 heterocycles. The number of aryl methyl sites for hydroxylation is 2. The number of rotatable bonds is 3. The van der Waals surface area contributed by atoms with Crippen LogP contribution in [0.25, 0.3) is 17.1 Å². The molecule has 0 aliphatic carbocycles. The van der Waals surface area contributed by atoms with Gasteiger partial charge in [0.15, 0.2) is 5.76 Å². The molecular formula is C15H16N4O. The van der Waals surface area contributed by atoms with Gasteiger partial charge in [0, 0.05) is 6.54 Å². The van der Waals surface area contributed by atoms with E-state index in [9.17, 15) is 0 Å². The van der Waals surface area contributed by atoms with Crippen molar-refractivity contribution in [3.05, 3.63) is 53.4 Å². The highest BCUT2D eigenvalue weighted by molar-refractivity contribution is 5.59. The third kappa shape index (κ3) is 2.12. The van der Waals surface area contributed by atoms with E-state index in [1.165, 1.54) is 11.1 Å². The van der Waals surface area contributed by atoms with Crippen LogP contribution in [0.1, 0.15) is 16.8 Å². The second kappa shape index (κ2) is 4.94. The third-order valence-corrected chi connectivity index (χ3v) is 3.14. The second-order valence-electron chi connectivity index (χ2n) is 4.82. The fraction of sp³-hybridized carbons (Fsp3) is 0.200. The predicted octanol–water partition coefficient (Wildman–Crippen LogP) is 2.60. The van der Waals surface area contributed by atoms with Crippen molar-refractivity contribution in [1.82, 2.24) is 15.0 Å². The van der Waals surface area contributed by atoms with Gasteiger partial charge in [-0.25, -0.2) is 4.68 Å². The van der Waals surface area contributed by atoms with Crippen LogP contribution in [0.5, 0.6) is 0 Å². The molecule has 102 valence electrons. The van der Waals surface area contributed by atoms with Crippen LogP contribution in [0.3, 0.4) is 0 Å². The van der Waals surface area contributed by atoms with Crippen LogP contribution in [-0.4, -0.2) is 15.0 Å². The van der Waals surface area contributed by atoms with E-state index in [1.807, 2.05) is 12.1 Å². The van der Waals surface area contributed by atoms with Gasteiger partial charge in [-0.15, -0.1) is 5.10 Å². The van der Waals surface area contributed by atoms with Crippen molar-refractivity contribution in [3.8, 4) is 17.1 Å². The van der Waals surface area contributed by atoms with Crippen LogP contribution in [0.4, 0.5) is 0 Å². The summed E-state index contributed by atoms with van der Waals surface area (Å²) in [5.74, 6) is 0.717. The number of nitrogens with zero attached hydrogens (tertiary/aromatic N) is 3. The molecule has 0 bridgehead atoms. The third-order valence-electron chi connectivity index (χ3n) is 3.14. The number of hydrogen-bond donors (Lipinski definition) is 1. The first kappa shape index (κ1) is 12.6. The molecule has 0 spiro atoms. The van der Waals surface area contributed by atoms with Gasteiger partial charge in [0.25, 0.3) is 0 Å². The van der Waals surface area contributed by atoms with Gasteiger partial charge in [-0.2, -0.15) is 0 Å². The highest BCUT2D eigenvalue weighted by Crippen LogP contribution is 2.26. The maximum absolute atomic E-state index is 5.75. The smallest absolute Gasteiger partial charge is 0.154 e. The van der Waals surface area contributed by atoms with E-state index >= 15 is 0 Å². The van der Waals surface area contributed by atoms with E-state index in [2.05, 4.69) is 42.4 Å². The SMILES string of the molecule is Cc1cc(C)cc(-n2nnc(CN)c2-c2ccco2)c1. The van der Waals surface area contributed by atoms with E-state index in [-0.39, 0.29) is 0 Å². The van der Waals surface area contributed by atoms with Gasteiger partial charge in [0.05, 0.1) is 12.0 Å². The molecule has 0 saturated heterocycles. The van der Waals surface area contributed by atoms with Crippen LogP contribution < -0.4 is 5.73 Å². The summed E-state index contributed by atoms with van der Waals surface area (Å²) in [5, 5.41) is 8.38. The molecule has 0 fully saturated rings. The Balaban J connectivity index is 2.22. The van der Waals surface area contributed by atoms with Gasteiger partial charge < -0.3 is 10.2 Å². The zero-order chi connectivity index (χ0) is 14.1. The molecule has 1 aromatic carbocycles. The minimum absolute atomic E-state index is 0.320. The standard InChI is InChI=1S/C15H16N4O/c1-10-6-11(2)8-12(7-10)19-15(13(9-16)17-18-19)14-4-3-5-20-14/h3-8H,9,16H2,1-2H3. The highest BCUT2D eigenvalue weighted by atomic mass is 16.3. The summed E-state index contributed by atoms with van der Waals surface area (Å²) in [5.41, 5.74) is 10.6. The van der Waals surface area contributed by atoms with Crippen LogP contribution in [0.15, 0.2) is 41.0 Å². The van der Waals surface area contributed by atoms with Crippen molar-refractivity contribution in [2.45, 2.75) is 20.4 Å². The first-order chi connectivity index (χ1) is 9.69. The van der Waals surface area contributed by atoms with E-state index in [0.717, 1.165) is 22.8 Å². The highest BCUT2D eigenvalue weighted by Gasteiger charge is 2.17. The average molecular weight is 268 g/mol. The van der Waals surface area contributed by atoms with Gasteiger partial charge in [-0.3, -0.25) is 0 Å². The summed E-state index contributed by atoms with van der Waals surface area (Å²) in [6.07, 6.45) is 1.63. The van der Waals surface area contributed by atoms with Crippen LogP contribution in [0, 0.1) is 13.8 Å². The minimum atomic E-state index is 0.320. The van der Waals surface area contributed by atoms with Gasteiger partial charge >= 0.3 is 0 Å². The zero-order valence-electron chi connectivity index (χ0n) is 11.5. The summed E-state index contributed by atoms with van der Waals surface area (Å²) in [7, 11) is 0. The Bertz CT molecular complexity index is 708. The number of hydrogen-bond acceptors (Lipinski definition) is 4. The normalized spacial score (nSPS) is 10.9. The summed E-state index contributed by atoms with van der Waals surface area (Å²) in [6, 6.07) is 9.98. The van der Waals surface area contributed by atoms with Crippen molar-refractivity contribution in [3.63, 3.8) is 0 Å². The minimum Gasteiger partial charge on any atom is -0.463 e. The molecule has 2 N–H and O–H groups in total. The van der Waals surface area contributed by atoms with Crippen LogP contribution in [-0.2, 0) is 6.54 Å². The average Bonchev–Trinajstić information content (AvgIpc) is 3.06. The quantitative estimate of drug-likeness (QED) is 0.792. The van der Waals surface area contributed by atoms with Gasteiger partial charge in [0.2, 0.25) is 0 Å². The zero-order valence-corrected chi connectivity index (χ0v) is 11.5. The predicted molar refractivity (Wildman–Crippen MR) is 76.4 cm³/mol. The Morgan fingerprint density at radius 3 is 2.55 bits per heavy atom.